The predicted molar refractivity (Wildman–Crippen MR) is 119 cm³/mol. The summed E-state index contributed by atoms with van der Waals surface area (Å²) in [5.41, 5.74) is 2.64. The molecule has 1 aromatic heterocycles. The van der Waals surface area contributed by atoms with Crippen molar-refractivity contribution < 1.29 is 29.3 Å². The summed E-state index contributed by atoms with van der Waals surface area (Å²) in [5, 5.41) is 24.6. The van der Waals surface area contributed by atoms with Crippen LogP contribution in [0.3, 0.4) is 0 Å². The number of phenolic OH excluding ortho intramolecular Hbond substituents is 1. The molecule has 1 amide bonds. The Morgan fingerprint density at radius 2 is 1.79 bits per heavy atom. The standard InChI is InChI=1S/C24H21N3O6/c1-32-22-12-17(4-7-21(22)33-14-23(29)30)19-13-20(15-2-5-18(28)6-3-15)27(26-19)24(31)16-8-10-25-11-9-16/h2-12,20,28H,13-14H2,1H3,(H,29,30). The fraction of sp³-hybridized carbons (Fsp3) is 0.167. The zero-order valence-electron chi connectivity index (χ0n) is 17.7. The summed E-state index contributed by atoms with van der Waals surface area (Å²) < 4.78 is 10.6. The summed E-state index contributed by atoms with van der Waals surface area (Å²) in [4.78, 5) is 28.0. The van der Waals surface area contributed by atoms with Crippen molar-refractivity contribution in [2.75, 3.05) is 13.7 Å². The Morgan fingerprint density at radius 1 is 1.06 bits per heavy atom. The van der Waals surface area contributed by atoms with E-state index in [0.717, 1.165) is 5.56 Å². The van der Waals surface area contributed by atoms with E-state index in [0.29, 0.717) is 34.8 Å². The van der Waals surface area contributed by atoms with Crippen LogP contribution in [-0.2, 0) is 4.79 Å². The van der Waals surface area contributed by atoms with Crippen LogP contribution in [0.2, 0.25) is 0 Å². The van der Waals surface area contributed by atoms with E-state index in [1.54, 1.807) is 67.0 Å². The lowest BCUT2D eigenvalue weighted by molar-refractivity contribution is -0.139. The molecule has 168 valence electrons. The Kier molecular flexibility index (Phi) is 6.21. The lowest BCUT2D eigenvalue weighted by Crippen LogP contribution is -2.27. The number of ether oxygens (including phenoxy) is 2. The lowest BCUT2D eigenvalue weighted by atomic mass is 9.98. The van der Waals surface area contributed by atoms with Gasteiger partial charge in [0, 0.05) is 29.9 Å². The molecule has 0 aliphatic carbocycles. The van der Waals surface area contributed by atoms with Gasteiger partial charge in [-0.15, -0.1) is 0 Å². The van der Waals surface area contributed by atoms with Crippen LogP contribution in [0, 0.1) is 0 Å². The second kappa shape index (κ2) is 9.39. The van der Waals surface area contributed by atoms with Crippen molar-refractivity contribution in [1.82, 2.24) is 9.99 Å². The van der Waals surface area contributed by atoms with Crippen molar-refractivity contribution in [2.45, 2.75) is 12.5 Å². The second-order valence-electron chi connectivity index (χ2n) is 7.29. The van der Waals surface area contributed by atoms with E-state index in [4.69, 9.17) is 14.6 Å². The molecular weight excluding hydrogens is 426 g/mol. The Bertz CT molecular complexity index is 1190. The number of aromatic hydroxyl groups is 1. The van der Waals surface area contributed by atoms with Crippen LogP contribution < -0.4 is 9.47 Å². The Hall–Kier alpha value is -4.40. The van der Waals surface area contributed by atoms with Gasteiger partial charge < -0.3 is 19.7 Å². The lowest BCUT2D eigenvalue weighted by Gasteiger charge is -2.22. The highest BCUT2D eigenvalue weighted by Gasteiger charge is 2.34. The van der Waals surface area contributed by atoms with Crippen LogP contribution in [0.1, 0.15) is 33.9 Å². The third-order valence-electron chi connectivity index (χ3n) is 5.17. The van der Waals surface area contributed by atoms with Gasteiger partial charge in [0.1, 0.15) is 5.75 Å². The van der Waals surface area contributed by atoms with Crippen LogP contribution in [0.5, 0.6) is 17.2 Å². The number of pyridine rings is 1. The Labute approximate surface area is 189 Å². The van der Waals surface area contributed by atoms with Gasteiger partial charge in [-0.05, 0) is 48.0 Å². The highest BCUT2D eigenvalue weighted by Crippen LogP contribution is 2.36. The molecule has 0 saturated carbocycles. The van der Waals surface area contributed by atoms with Crippen LogP contribution in [0.25, 0.3) is 0 Å². The SMILES string of the molecule is COc1cc(C2=NN(C(=O)c3ccncc3)C(c3ccc(O)cc3)C2)ccc1OCC(=O)O. The van der Waals surface area contributed by atoms with Gasteiger partial charge >= 0.3 is 5.97 Å². The minimum Gasteiger partial charge on any atom is -0.508 e. The molecule has 1 aliphatic rings. The number of carbonyl (C=O) groups is 2. The minimum absolute atomic E-state index is 0.131. The number of rotatable bonds is 7. The number of carboxylic acid groups (broad SMARTS) is 1. The summed E-state index contributed by atoms with van der Waals surface area (Å²) in [6.45, 7) is -0.492. The summed E-state index contributed by atoms with van der Waals surface area (Å²) in [7, 11) is 1.46. The number of benzene rings is 2. The zero-order valence-corrected chi connectivity index (χ0v) is 17.7. The highest BCUT2D eigenvalue weighted by molar-refractivity contribution is 6.05. The van der Waals surface area contributed by atoms with Gasteiger partial charge in [-0.1, -0.05) is 12.1 Å². The maximum atomic E-state index is 13.2. The summed E-state index contributed by atoms with van der Waals surface area (Å²) in [6.07, 6.45) is 3.52. The van der Waals surface area contributed by atoms with Crippen molar-refractivity contribution in [3.8, 4) is 17.2 Å². The molecule has 2 aromatic carbocycles. The second-order valence-corrected chi connectivity index (χ2v) is 7.29. The first kappa shape index (κ1) is 21.8. The monoisotopic (exact) mass is 447 g/mol. The topological polar surface area (TPSA) is 122 Å². The Balaban J connectivity index is 1.68. The summed E-state index contributed by atoms with van der Waals surface area (Å²) in [6, 6.07) is 14.6. The van der Waals surface area contributed by atoms with Crippen LogP contribution >= 0.6 is 0 Å². The molecule has 0 fully saturated rings. The van der Waals surface area contributed by atoms with Crippen LogP contribution in [0.15, 0.2) is 72.1 Å². The van der Waals surface area contributed by atoms with E-state index in [1.807, 2.05) is 0 Å². The predicted octanol–water partition coefficient (Wildman–Crippen LogP) is 3.25. The quantitative estimate of drug-likeness (QED) is 0.570. The number of carboxylic acids is 1. The summed E-state index contributed by atoms with van der Waals surface area (Å²) in [5.74, 6) is -0.590. The molecule has 1 unspecified atom stereocenters. The van der Waals surface area contributed by atoms with E-state index < -0.39 is 12.6 Å². The largest absolute Gasteiger partial charge is 0.508 e. The minimum atomic E-state index is -1.09. The first-order chi connectivity index (χ1) is 16.0. The van der Waals surface area contributed by atoms with E-state index in [1.165, 1.54) is 12.1 Å². The number of hydrazone groups is 1. The van der Waals surface area contributed by atoms with Crippen molar-refractivity contribution in [3.63, 3.8) is 0 Å². The van der Waals surface area contributed by atoms with Crippen molar-refractivity contribution >= 4 is 17.6 Å². The van der Waals surface area contributed by atoms with Crippen molar-refractivity contribution in [2.24, 2.45) is 5.10 Å². The molecule has 0 spiro atoms. The smallest absolute Gasteiger partial charge is 0.341 e. The molecule has 0 radical (unpaired) electrons. The Morgan fingerprint density at radius 3 is 2.45 bits per heavy atom. The number of nitrogens with zero attached hydrogens (tertiary/aromatic N) is 3. The normalized spacial score (nSPS) is 15.1. The molecule has 4 rings (SSSR count). The molecule has 2 N–H and O–H groups in total. The van der Waals surface area contributed by atoms with Gasteiger partial charge in [0.05, 0.1) is 18.9 Å². The number of phenols is 1. The number of methoxy groups -OCH3 is 1. The average Bonchev–Trinajstić information content (AvgIpc) is 3.28. The molecule has 2 heterocycles. The molecule has 0 saturated heterocycles. The van der Waals surface area contributed by atoms with E-state index in [9.17, 15) is 14.7 Å². The van der Waals surface area contributed by atoms with E-state index in [-0.39, 0.29) is 17.7 Å². The van der Waals surface area contributed by atoms with Gasteiger partial charge in [-0.2, -0.15) is 5.10 Å². The maximum Gasteiger partial charge on any atom is 0.341 e. The van der Waals surface area contributed by atoms with Crippen LogP contribution in [-0.4, -0.2) is 51.5 Å². The van der Waals surface area contributed by atoms with Gasteiger partial charge in [0.2, 0.25) is 0 Å². The van der Waals surface area contributed by atoms with Gasteiger partial charge in [-0.25, -0.2) is 9.80 Å². The molecule has 33 heavy (non-hydrogen) atoms. The van der Waals surface area contributed by atoms with Gasteiger partial charge in [0.25, 0.3) is 5.91 Å². The maximum absolute atomic E-state index is 13.2. The molecular formula is C24H21N3O6. The summed E-state index contributed by atoms with van der Waals surface area (Å²) >= 11 is 0. The number of carbonyl (C=O) groups excluding carboxylic acids is 1. The fourth-order valence-corrected chi connectivity index (χ4v) is 3.56. The number of aromatic nitrogens is 1. The third-order valence-corrected chi connectivity index (χ3v) is 5.17. The number of hydrogen-bond acceptors (Lipinski definition) is 7. The first-order valence-corrected chi connectivity index (χ1v) is 10.1. The molecule has 0 bridgehead atoms. The van der Waals surface area contributed by atoms with Gasteiger partial charge in [0.15, 0.2) is 18.1 Å². The fourth-order valence-electron chi connectivity index (χ4n) is 3.56. The first-order valence-electron chi connectivity index (χ1n) is 10.1. The van der Waals surface area contributed by atoms with E-state index in [2.05, 4.69) is 10.1 Å². The number of hydrogen-bond donors (Lipinski definition) is 2. The number of aliphatic carboxylic acids is 1. The molecule has 9 nitrogen and oxygen atoms in total. The van der Waals surface area contributed by atoms with Gasteiger partial charge in [-0.3, -0.25) is 9.78 Å². The highest BCUT2D eigenvalue weighted by atomic mass is 16.5. The number of amides is 1. The average molecular weight is 447 g/mol. The molecule has 9 heteroatoms. The van der Waals surface area contributed by atoms with Crippen molar-refractivity contribution in [1.29, 1.82) is 0 Å². The zero-order chi connectivity index (χ0) is 23.4. The third kappa shape index (κ3) is 4.77. The molecule has 1 atom stereocenters. The van der Waals surface area contributed by atoms with Crippen LogP contribution in [0.4, 0.5) is 0 Å². The van der Waals surface area contributed by atoms with Crippen molar-refractivity contribution in [3.05, 3.63) is 83.7 Å². The van der Waals surface area contributed by atoms with E-state index >= 15 is 0 Å². The molecule has 1 aliphatic heterocycles. The molecule has 3 aromatic rings.